The maximum atomic E-state index is 6.34. The van der Waals surface area contributed by atoms with Gasteiger partial charge in [0.15, 0.2) is 0 Å². The molecule has 3 heteroatoms. The van der Waals surface area contributed by atoms with Crippen LogP contribution in [0.2, 0.25) is 5.02 Å². The molecule has 0 radical (unpaired) electrons. The van der Waals surface area contributed by atoms with Crippen molar-refractivity contribution in [2.24, 2.45) is 5.73 Å². The molecule has 19 heavy (non-hydrogen) atoms. The molecular formula is C16H17BrClN. The first-order valence-corrected chi connectivity index (χ1v) is 7.41. The quantitative estimate of drug-likeness (QED) is 0.841. The molecule has 0 saturated carbocycles. The average molecular weight is 339 g/mol. The van der Waals surface area contributed by atoms with Crippen molar-refractivity contribution in [2.75, 3.05) is 0 Å². The lowest BCUT2D eigenvalue weighted by Gasteiger charge is -2.17. The van der Waals surface area contributed by atoms with Gasteiger partial charge in [0.2, 0.25) is 0 Å². The predicted octanol–water partition coefficient (Wildman–Crippen LogP) is 4.96. The molecule has 2 rings (SSSR count). The number of halogens is 2. The van der Waals surface area contributed by atoms with Crippen LogP contribution in [-0.4, -0.2) is 0 Å². The fraction of sp³-hybridized carbons (Fsp3) is 0.250. The minimum absolute atomic E-state index is 0.0357. The third kappa shape index (κ3) is 3.38. The largest absolute Gasteiger partial charge is 0.324 e. The van der Waals surface area contributed by atoms with Gasteiger partial charge in [-0.1, -0.05) is 51.8 Å². The van der Waals surface area contributed by atoms with Crippen molar-refractivity contribution in [1.29, 1.82) is 0 Å². The van der Waals surface area contributed by atoms with Gasteiger partial charge >= 0.3 is 0 Å². The molecule has 0 heterocycles. The summed E-state index contributed by atoms with van der Waals surface area (Å²) in [5.74, 6) is 0. The molecule has 0 fully saturated rings. The van der Waals surface area contributed by atoms with E-state index in [1.807, 2.05) is 18.2 Å². The van der Waals surface area contributed by atoms with Crippen molar-refractivity contribution in [1.82, 2.24) is 0 Å². The summed E-state index contributed by atoms with van der Waals surface area (Å²) < 4.78 is 0.971. The van der Waals surface area contributed by atoms with Crippen LogP contribution in [0.4, 0.5) is 0 Å². The molecule has 2 aromatic carbocycles. The Morgan fingerprint density at radius 2 is 1.79 bits per heavy atom. The highest BCUT2D eigenvalue weighted by Crippen LogP contribution is 2.28. The van der Waals surface area contributed by atoms with E-state index in [4.69, 9.17) is 17.3 Å². The minimum atomic E-state index is -0.0357. The normalized spacial score (nSPS) is 12.5. The highest BCUT2D eigenvalue weighted by Gasteiger charge is 2.13. The Labute approximate surface area is 127 Å². The number of hydrogen-bond donors (Lipinski definition) is 1. The standard InChI is InChI=1S/C16H17BrClN/c1-10-4-3-5-11(2)14(10)9-16(19)13-7-6-12(18)8-15(13)17/h3-8,16H,9,19H2,1-2H3. The van der Waals surface area contributed by atoms with E-state index < -0.39 is 0 Å². The van der Waals surface area contributed by atoms with Crippen molar-refractivity contribution < 1.29 is 0 Å². The second-order valence-corrected chi connectivity index (χ2v) is 6.14. The van der Waals surface area contributed by atoms with Crippen LogP contribution in [0.1, 0.15) is 28.3 Å². The predicted molar refractivity (Wildman–Crippen MR) is 85.7 cm³/mol. The summed E-state index contributed by atoms with van der Waals surface area (Å²) in [6.45, 7) is 4.26. The lowest BCUT2D eigenvalue weighted by molar-refractivity contribution is 0.712. The molecule has 0 saturated heterocycles. The highest BCUT2D eigenvalue weighted by molar-refractivity contribution is 9.10. The molecular weight excluding hydrogens is 322 g/mol. The third-order valence-electron chi connectivity index (χ3n) is 3.43. The van der Waals surface area contributed by atoms with E-state index in [0.29, 0.717) is 0 Å². The molecule has 0 aliphatic heterocycles. The summed E-state index contributed by atoms with van der Waals surface area (Å²) >= 11 is 9.50. The molecule has 0 aliphatic rings. The molecule has 0 aromatic heterocycles. The zero-order valence-corrected chi connectivity index (χ0v) is 13.4. The Balaban J connectivity index is 2.28. The van der Waals surface area contributed by atoms with Crippen LogP contribution in [0.25, 0.3) is 0 Å². The first-order chi connectivity index (χ1) is 8.99. The Bertz CT molecular complexity index is 575. The first-order valence-electron chi connectivity index (χ1n) is 6.24. The second-order valence-electron chi connectivity index (χ2n) is 4.85. The van der Waals surface area contributed by atoms with Crippen molar-refractivity contribution in [2.45, 2.75) is 26.3 Å². The molecule has 0 bridgehead atoms. The van der Waals surface area contributed by atoms with Gasteiger partial charge in [-0.05, 0) is 54.7 Å². The van der Waals surface area contributed by atoms with Crippen LogP contribution in [-0.2, 0) is 6.42 Å². The second kappa shape index (κ2) is 6.08. The molecule has 2 N–H and O–H groups in total. The number of rotatable bonds is 3. The van der Waals surface area contributed by atoms with E-state index in [1.165, 1.54) is 16.7 Å². The Morgan fingerprint density at radius 3 is 2.37 bits per heavy atom. The highest BCUT2D eigenvalue weighted by atomic mass is 79.9. The number of benzene rings is 2. The number of aryl methyl sites for hydroxylation is 2. The third-order valence-corrected chi connectivity index (χ3v) is 4.35. The van der Waals surface area contributed by atoms with Gasteiger partial charge in [0, 0.05) is 15.5 Å². The van der Waals surface area contributed by atoms with Crippen molar-refractivity contribution in [3.63, 3.8) is 0 Å². The van der Waals surface area contributed by atoms with Gasteiger partial charge in [0.25, 0.3) is 0 Å². The molecule has 0 amide bonds. The van der Waals surface area contributed by atoms with Crippen molar-refractivity contribution >= 4 is 27.5 Å². The van der Waals surface area contributed by atoms with E-state index in [9.17, 15) is 0 Å². The average Bonchev–Trinajstić information content (AvgIpc) is 2.33. The number of hydrogen-bond acceptors (Lipinski definition) is 1. The summed E-state index contributed by atoms with van der Waals surface area (Å²) in [5.41, 5.74) is 11.3. The van der Waals surface area contributed by atoms with Gasteiger partial charge in [0.1, 0.15) is 0 Å². The monoisotopic (exact) mass is 337 g/mol. The summed E-state index contributed by atoms with van der Waals surface area (Å²) in [7, 11) is 0. The zero-order chi connectivity index (χ0) is 14.0. The fourth-order valence-electron chi connectivity index (χ4n) is 2.30. The zero-order valence-electron chi connectivity index (χ0n) is 11.1. The van der Waals surface area contributed by atoms with Gasteiger partial charge in [-0.2, -0.15) is 0 Å². The Kier molecular flexibility index (Phi) is 4.67. The van der Waals surface area contributed by atoms with E-state index >= 15 is 0 Å². The van der Waals surface area contributed by atoms with Gasteiger partial charge in [-0.25, -0.2) is 0 Å². The van der Waals surface area contributed by atoms with Crippen LogP contribution in [0.3, 0.4) is 0 Å². The maximum absolute atomic E-state index is 6.34. The lowest BCUT2D eigenvalue weighted by Crippen LogP contribution is -2.15. The van der Waals surface area contributed by atoms with Gasteiger partial charge < -0.3 is 5.73 Å². The molecule has 0 spiro atoms. The molecule has 1 unspecified atom stereocenters. The van der Waals surface area contributed by atoms with Gasteiger partial charge in [-0.3, -0.25) is 0 Å². The SMILES string of the molecule is Cc1cccc(C)c1CC(N)c1ccc(Cl)cc1Br. The lowest BCUT2D eigenvalue weighted by atomic mass is 9.93. The van der Waals surface area contributed by atoms with Crippen LogP contribution in [0.15, 0.2) is 40.9 Å². The maximum Gasteiger partial charge on any atom is 0.0417 e. The van der Waals surface area contributed by atoms with Crippen molar-refractivity contribution in [3.05, 3.63) is 68.1 Å². The smallest absolute Gasteiger partial charge is 0.0417 e. The number of nitrogens with two attached hydrogens (primary N) is 1. The van der Waals surface area contributed by atoms with E-state index in [-0.39, 0.29) is 6.04 Å². The van der Waals surface area contributed by atoms with Crippen LogP contribution >= 0.6 is 27.5 Å². The van der Waals surface area contributed by atoms with Crippen LogP contribution < -0.4 is 5.73 Å². The molecule has 1 atom stereocenters. The van der Waals surface area contributed by atoms with Crippen LogP contribution in [0, 0.1) is 13.8 Å². The van der Waals surface area contributed by atoms with E-state index in [0.717, 1.165) is 21.5 Å². The van der Waals surface area contributed by atoms with E-state index in [2.05, 4.69) is 48.0 Å². The van der Waals surface area contributed by atoms with Gasteiger partial charge in [0.05, 0.1) is 0 Å². The molecule has 0 aliphatic carbocycles. The molecule has 1 nitrogen and oxygen atoms in total. The van der Waals surface area contributed by atoms with Crippen LogP contribution in [0.5, 0.6) is 0 Å². The summed E-state index contributed by atoms with van der Waals surface area (Å²) in [6.07, 6.45) is 0.832. The molecule has 100 valence electrons. The van der Waals surface area contributed by atoms with E-state index in [1.54, 1.807) is 0 Å². The fourth-order valence-corrected chi connectivity index (χ4v) is 3.28. The minimum Gasteiger partial charge on any atom is -0.324 e. The topological polar surface area (TPSA) is 26.0 Å². The summed E-state index contributed by atoms with van der Waals surface area (Å²) in [6, 6.07) is 12.1. The summed E-state index contributed by atoms with van der Waals surface area (Å²) in [4.78, 5) is 0. The van der Waals surface area contributed by atoms with Crippen molar-refractivity contribution in [3.8, 4) is 0 Å². The first kappa shape index (κ1) is 14.6. The Hall–Kier alpha value is -0.830. The summed E-state index contributed by atoms with van der Waals surface area (Å²) in [5, 5.41) is 0.717. The molecule has 2 aromatic rings. The van der Waals surface area contributed by atoms with Gasteiger partial charge in [-0.15, -0.1) is 0 Å². The Morgan fingerprint density at radius 1 is 1.16 bits per heavy atom.